The van der Waals surface area contributed by atoms with Gasteiger partial charge >= 0.3 is 0 Å². The Kier molecular flexibility index (Phi) is 5.74. The highest BCUT2D eigenvalue weighted by Gasteiger charge is 2.19. The van der Waals surface area contributed by atoms with Crippen molar-refractivity contribution in [2.75, 3.05) is 13.1 Å². The molecule has 1 aromatic carbocycles. The summed E-state index contributed by atoms with van der Waals surface area (Å²) in [6.07, 6.45) is 11.0. The fourth-order valence-corrected chi connectivity index (χ4v) is 4.59. The van der Waals surface area contributed by atoms with E-state index in [1.165, 1.54) is 17.5 Å². The quantitative estimate of drug-likeness (QED) is 0.477. The molecule has 0 radical (unpaired) electrons. The van der Waals surface area contributed by atoms with Crippen LogP contribution >= 0.6 is 0 Å². The lowest BCUT2D eigenvalue weighted by molar-refractivity contribution is 0.548. The lowest BCUT2D eigenvalue weighted by Crippen LogP contribution is -2.28. The van der Waals surface area contributed by atoms with Gasteiger partial charge < -0.3 is 20.6 Å². The number of nitrogens with zero attached hydrogens (tertiary/aromatic N) is 2. The van der Waals surface area contributed by atoms with Gasteiger partial charge in [-0.25, -0.2) is 9.97 Å². The molecule has 5 rings (SSSR count). The number of hydrogen-bond acceptors (Lipinski definition) is 4. The zero-order valence-electron chi connectivity index (χ0n) is 18.4. The van der Waals surface area contributed by atoms with Crippen molar-refractivity contribution in [3.05, 3.63) is 58.4 Å². The fraction of sp³-hybridized carbons (Fsp3) is 0.440. The third-order valence-electron chi connectivity index (χ3n) is 6.46. The summed E-state index contributed by atoms with van der Waals surface area (Å²) in [5.74, 6) is 2.44. The average Bonchev–Trinajstić information content (AvgIpc) is 3.56. The van der Waals surface area contributed by atoms with E-state index in [9.17, 15) is 0 Å². The summed E-state index contributed by atoms with van der Waals surface area (Å²) < 4.78 is 0. The van der Waals surface area contributed by atoms with E-state index in [0.717, 1.165) is 60.4 Å². The van der Waals surface area contributed by atoms with Crippen LogP contribution in [0.1, 0.15) is 74.7 Å². The number of hydrogen-bond donors (Lipinski definition) is 4. The summed E-state index contributed by atoms with van der Waals surface area (Å²) in [5.41, 5.74) is 3.60. The monoisotopic (exact) mass is 416 g/mol. The Bertz CT molecular complexity index is 1130. The Morgan fingerprint density at radius 2 is 2.06 bits per heavy atom. The molecular weight excluding hydrogens is 384 g/mol. The molecule has 6 heteroatoms. The number of aromatic amines is 2. The van der Waals surface area contributed by atoms with Crippen LogP contribution in [0.2, 0.25) is 0 Å². The Labute approximate surface area is 183 Å². The van der Waals surface area contributed by atoms with Gasteiger partial charge in [-0.3, -0.25) is 0 Å². The van der Waals surface area contributed by atoms with Gasteiger partial charge in [0.25, 0.3) is 0 Å². The minimum absolute atomic E-state index is 0.240. The molecule has 3 heterocycles. The van der Waals surface area contributed by atoms with Crippen LogP contribution in [0.5, 0.6) is 0 Å². The minimum atomic E-state index is 0.240. The summed E-state index contributed by atoms with van der Waals surface area (Å²) in [5, 5.41) is 9.23. The van der Waals surface area contributed by atoms with Crippen LogP contribution < -0.4 is 21.3 Å². The first-order chi connectivity index (χ1) is 15.2. The normalized spacial score (nSPS) is 21.4. The third kappa shape index (κ3) is 4.23. The van der Waals surface area contributed by atoms with Crippen molar-refractivity contribution in [3.8, 4) is 11.3 Å². The van der Waals surface area contributed by atoms with Gasteiger partial charge in [0.15, 0.2) is 0 Å². The predicted molar refractivity (Wildman–Crippen MR) is 125 cm³/mol. The van der Waals surface area contributed by atoms with Crippen molar-refractivity contribution in [3.63, 3.8) is 0 Å². The van der Waals surface area contributed by atoms with Crippen molar-refractivity contribution >= 4 is 12.2 Å². The maximum absolute atomic E-state index is 4.80. The highest BCUT2D eigenvalue weighted by atomic mass is 15.0. The molecule has 2 aliphatic rings. The number of nitrogens with one attached hydrogen (secondary N) is 4. The molecule has 1 saturated heterocycles. The topological polar surface area (TPSA) is 81.4 Å². The Balaban J connectivity index is 1.32. The van der Waals surface area contributed by atoms with Crippen molar-refractivity contribution < 1.29 is 0 Å². The van der Waals surface area contributed by atoms with E-state index in [1.54, 1.807) is 0 Å². The van der Waals surface area contributed by atoms with Crippen molar-refractivity contribution in [2.24, 2.45) is 0 Å². The lowest BCUT2D eigenvalue weighted by Gasteiger charge is -2.13. The highest BCUT2D eigenvalue weighted by Crippen LogP contribution is 2.27. The maximum atomic E-state index is 4.80. The van der Waals surface area contributed by atoms with Crippen molar-refractivity contribution in [2.45, 2.75) is 57.5 Å². The van der Waals surface area contributed by atoms with Gasteiger partial charge in [0.05, 0.1) is 34.7 Å². The molecule has 4 N–H and O–H groups in total. The van der Waals surface area contributed by atoms with Crippen LogP contribution in [0.25, 0.3) is 23.4 Å². The van der Waals surface area contributed by atoms with Gasteiger partial charge in [-0.05, 0) is 56.8 Å². The second-order valence-corrected chi connectivity index (χ2v) is 8.76. The lowest BCUT2D eigenvalue weighted by atomic mass is 9.92. The Morgan fingerprint density at radius 1 is 1.19 bits per heavy atom. The van der Waals surface area contributed by atoms with Crippen molar-refractivity contribution in [1.29, 1.82) is 0 Å². The van der Waals surface area contributed by atoms with Gasteiger partial charge in [0.2, 0.25) is 0 Å². The van der Waals surface area contributed by atoms with Crippen LogP contribution in [-0.2, 0) is 0 Å². The molecule has 3 aromatic rings. The second kappa shape index (κ2) is 8.81. The molecule has 31 heavy (non-hydrogen) atoms. The summed E-state index contributed by atoms with van der Waals surface area (Å²) in [6, 6.07) is 9.50. The van der Waals surface area contributed by atoms with Crippen molar-refractivity contribution in [1.82, 2.24) is 30.6 Å². The summed E-state index contributed by atoms with van der Waals surface area (Å²) in [7, 11) is 0. The number of rotatable bonds is 7. The van der Waals surface area contributed by atoms with Crippen LogP contribution in [0, 0.1) is 0 Å². The van der Waals surface area contributed by atoms with Gasteiger partial charge in [0, 0.05) is 5.92 Å². The smallest absolute Gasteiger partial charge is 0.124 e. The highest BCUT2D eigenvalue weighted by molar-refractivity contribution is 5.60. The minimum Gasteiger partial charge on any atom is -0.341 e. The molecule has 1 aliphatic carbocycles. The maximum Gasteiger partial charge on any atom is 0.124 e. The number of aromatic nitrogens is 4. The van der Waals surface area contributed by atoms with Gasteiger partial charge in [0.1, 0.15) is 11.6 Å². The molecule has 2 aromatic heterocycles. The first kappa shape index (κ1) is 20.2. The average molecular weight is 417 g/mol. The van der Waals surface area contributed by atoms with Gasteiger partial charge in [-0.2, -0.15) is 0 Å². The van der Waals surface area contributed by atoms with Gasteiger partial charge in [-0.15, -0.1) is 0 Å². The largest absolute Gasteiger partial charge is 0.341 e. The van der Waals surface area contributed by atoms with E-state index < -0.39 is 0 Å². The molecular formula is C25H32N6. The van der Waals surface area contributed by atoms with Crippen LogP contribution in [0.15, 0.2) is 30.5 Å². The fourth-order valence-electron chi connectivity index (χ4n) is 4.59. The van der Waals surface area contributed by atoms with E-state index in [4.69, 9.17) is 4.98 Å². The zero-order chi connectivity index (χ0) is 21.2. The molecule has 1 fully saturated rings. The molecule has 0 amide bonds. The molecule has 0 spiro atoms. The molecule has 162 valence electrons. The summed E-state index contributed by atoms with van der Waals surface area (Å²) in [4.78, 5) is 16.4. The summed E-state index contributed by atoms with van der Waals surface area (Å²) in [6.45, 7) is 6.43. The second-order valence-electron chi connectivity index (χ2n) is 8.76. The van der Waals surface area contributed by atoms with E-state index in [2.05, 4.69) is 75.9 Å². The summed E-state index contributed by atoms with van der Waals surface area (Å²) >= 11 is 0. The van der Waals surface area contributed by atoms with Crippen LogP contribution in [-0.4, -0.2) is 33.0 Å². The number of benzene rings is 1. The zero-order valence-corrected chi connectivity index (χ0v) is 18.4. The van der Waals surface area contributed by atoms with Crippen LogP contribution in [0.3, 0.4) is 0 Å². The molecule has 6 nitrogen and oxygen atoms in total. The third-order valence-corrected chi connectivity index (χ3v) is 6.46. The van der Waals surface area contributed by atoms with Gasteiger partial charge in [-0.1, -0.05) is 43.3 Å². The number of fused-ring (bicyclic) bond motifs is 1. The number of H-pyrrole nitrogens is 2. The molecule has 3 unspecified atom stereocenters. The van der Waals surface area contributed by atoms with E-state index in [1.807, 2.05) is 6.20 Å². The standard InChI is InChI=1S/C25H32N6/c1-3-12-26-16(2)24-29-20-11-10-19(14-22(20)30-24)17-6-8-18(9-7-17)23-15-28-25(31-23)21-5-4-13-27-21/h6-9,11,14-16,19,21,26-27H,3-5,10,12-13H2,1-2H3,(H,28,31)(H,29,30). The predicted octanol–water partition coefficient (Wildman–Crippen LogP) is 3.03. The Hall–Kier alpha value is -2.70. The van der Waals surface area contributed by atoms with E-state index in [-0.39, 0.29) is 6.04 Å². The molecule has 0 saturated carbocycles. The molecule has 1 aliphatic heterocycles. The van der Waals surface area contributed by atoms with E-state index in [0.29, 0.717) is 12.0 Å². The SMILES string of the molecule is CCCNC(C)c1nc2c([nH]1)=CC(c1ccc(-c3cnc(C4CCCN4)[nH]3)cc1)CC=2. The molecule has 3 atom stereocenters. The molecule has 0 bridgehead atoms. The first-order valence-electron chi connectivity index (χ1n) is 11.6. The Morgan fingerprint density at radius 3 is 2.84 bits per heavy atom. The van der Waals surface area contributed by atoms with Crippen LogP contribution in [0.4, 0.5) is 0 Å². The van der Waals surface area contributed by atoms with E-state index >= 15 is 0 Å². The number of imidazole rings is 2. The first-order valence-corrected chi connectivity index (χ1v) is 11.6.